The molecule has 0 amide bonds. The molecule has 0 unspecified atom stereocenters. The van der Waals surface area contributed by atoms with Crippen LogP contribution in [0.1, 0.15) is 37.5 Å². The van der Waals surface area contributed by atoms with Crippen molar-refractivity contribution in [2.24, 2.45) is 0 Å². The maximum Gasteiger partial charge on any atom is -0.0178 e. The van der Waals surface area contributed by atoms with E-state index in [0.717, 1.165) is 6.42 Å². The van der Waals surface area contributed by atoms with Crippen molar-refractivity contribution in [1.29, 1.82) is 0 Å². The van der Waals surface area contributed by atoms with Gasteiger partial charge in [0.25, 0.3) is 0 Å². The van der Waals surface area contributed by atoms with E-state index in [1.807, 2.05) is 13.8 Å². The van der Waals surface area contributed by atoms with Crippen LogP contribution in [0.3, 0.4) is 0 Å². The zero-order valence-electron chi connectivity index (χ0n) is 11.1. The molecule has 0 saturated carbocycles. The topological polar surface area (TPSA) is 0 Å². The van der Waals surface area contributed by atoms with Gasteiger partial charge in [0.15, 0.2) is 0 Å². The SMILES string of the molecule is CC.CCc1cc2cc(C)ccc2cc1C. The summed E-state index contributed by atoms with van der Waals surface area (Å²) in [7, 11) is 0. The largest absolute Gasteiger partial charge is 0.0683 e. The lowest BCUT2D eigenvalue weighted by molar-refractivity contribution is 1.12. The van der Waals surface area contributed by atoms with E-state index in [1.54, 1.807) is 0 Å². The van der Waals surface area contributed by atoms with Crippen molar-refractivity contribution >= 4 is 10.8 Å². The lowest BCUT2D eigenvalue weighted by atomic mass is 9.99. The van der Waals surface area contributed by atoms with Crippen molar-refractivity contribution in [2.75, 3.05) is 0 Å². The summed E-state index contributed by atoms with van der Waals surface area (Å²) in [5.74, 6) is 0. The molecule has 2 aromatic carbocycles. The molecule has 16 heavy (non-hydrogen) atoms. The van der Waals surface area contributed by atoms with Gasteiger partial charge in [0.05, 0.1) is 0 Å². The van der Waals surface area contributed by atoms with Crippen LogP contribution in [0.4, 0.5) is 0 Å². The minimum atomic E-state index is 1.12. The molecule has 0 nitrogen and oxygen atoms in total. The maximum atomic E-state index is 2.32. The van der Waals surface area contributed by atoms with Crippen molar-refractivity contribution in [3.05, 3.63) is 47.0 Å². The van der Waals surface area contributed by atoms with E-state index in [9.17, 15) is 0 Å². The molecule has 86 valence electrons. The zero-order valence-corrected chi connectivity index (χ0v) is 11.1. The Morgan fingerprint density at radius 2 is 1.56 bits per heavy atom. The molecule has 0 aliphatic heterocycles. The first-order valence-corrected chi connectivity index (χ1v) is 6.20. The zero-order chi connectivity index (χ0) is 12.1. The average molecular weight is 214 g/mol. The Balaban J connectivity index is 0.000000606. The third-order valence-corrected chi connectivity index (χ3v) is 2.83. The second-order valence-electron chi connectivity index (χ2n) is 3.98. The minimum absolute atomic E-state index is 1.12. The minimum Gasteiger partial charge on any atom is -0.0683 e. The molecule has 0 aliphatic carbocycles. The number of hydrogen-bond donors (Lipinski definition) is 0. The number of hydrogen-bond acceptors (Lipinski definition) is 0. The van der Waals surface area contributed by atoms with Crippen molar-refractivity contribution in [3.63, 3.8) is 0 Å². The normalized spacial score (nSPS) is 9.81. The van der Waals surface area contributed by atoms with Gasteiger partial charge in [-0.3, -0.25) is 0 Å². The van der Waals surface area contributed by atoms with Crippen molar-refractivity contribution in [3.8, 4) is 0 Å². The molecular weight excluding hydrogens is 192 g/mol. The van der Waals surface area contributed by atoms with E-state index in [4.69, 9.17) is 0 Å². The predicted octanol–water partition coefficient (Wildman–Crippen LogP) is 5.05. The summed E-state index contributed by atoms with van der Waals surface area (Å²) >= 11 is 0. The first-order valence-electron chi connectivity index (χ1n) is 6.20. The molecule has 0 fully saturated rings. The highest BCUT2D eigenvalue weighted by atomic mass is 14.0. The van der Waals surface area contributed by atoms with E-state index >= 15 is 0 Å². The lowest BCUT2D eigenvalue weighted by Gasteiger charge is -2.06. The first-order chi connectivity index (χ1) is 7.70. The van der Waals surface area contributed by atoms with Crippen molar-refractivity contribution in [2.45, 2.75) is 41.0 Å². The van der Waals surface area contributed by atoms with Crippen LogP contribution in [0.2, 0.25) is 0 Å². The van der Waals surface area contributed by atoms with Crippen LogP contribution in [0.5, 0.6) is 0 Å². The summed E-state index contributed by atoms with van der Waals surface area (Å²) in [5.41, 5.74) is 4.20. The summed E-state index contributed by atoms with van der Waals surface area (Å²) < 4.78 is 0. The summed E-state index contributed by atoms with van der Waals surface area (Å²) in [6.07, 6.45) is 1.12. The van der Waals surface area contributed by atoms with Crippen LogP contribution in [-0.2, 0) is 6.42 Å². The molecule has 0 N–H and O–H groups in total. The van der Waals surface area contributed by atoms with E-state index in [1.165, 1.54) is 27.5 Å². The van der Waals surface area contributed by atoms with Crippen LogP contribution in [-0.4, -0.2) is 0 Å². The third kappa shape index (κ3) is 2.63. The Labute approximate surface area is 99.3 Å². The Kier molecular flexibility index (Phi) is 4.54. The predicted molar refractivity (Wildman–Crippen MR) is 74.1 cm³/mol. The smallest absolute Gasteiger partial charge is 0.0178 e. The second-order valence-corrected chi connectivity index (χ2v) is 3.98. The molecule has 0 aromatic heterocycles. The monoisotopic (exact) mass is 214 g/mol. The molecule has 2 aromatic rings. The average Bonchev–Trinajstić information content (AvgIpc) is 2.31. The molecule has 0 aliphatic rings. The Morgan fingerprint density at radius 3 is 2.19 bits per heavy atom. The van der Waals surface area contributed by atoms with Gasteiger partial charge in [0, 0.05) is 0 Å². The van der Waals surface area contributed by atoms with Crippen LogP contribution in [0.15, 0.2) is 30.3 Å². The van der Waals surface area contributed by atoms with Gasteiger partial charge in [0.2, 0.25) is 0 Å². The molecule has 0 radical (unpaired) electrons. The molecule has 0 saturated heterocycles. The highest BCUT2D eigenvalue weighted by molar-refractivity contribution is 5.84. The Morgan fingerprint density at radius 1 is 0.875 bits per heavy atom. The van der Waals surface area contributed by atoms with Crippen LogP contribution < -0.4 is 0 Å². The van der Waals surface area contributed by atoms with Crippen LogP contribution in [0, 0.1) is 13.8 Å². The van der Waals surface area contributed by atoms with Crippen molar-refractivity contribution < 1.29 is 0 Å². The van der Waals surface area contributed by atoms with Gasteiger partial charge in [-0.2, -0.15) is 0 Å². The maximum absolute atomic E-state index is 2.32. The molecule has 2 rings (SSSR count). The van der Waals surface area contributed by atoms with Crippen LogP contribution >= 0.6 is 0 Å². The fourth-order valence-electron chi connectivity index (χ4n) is 1.96. The molecular formula is C16H22. The van der Waals surface area contributed by atoms with Gasteiger partial charge < -0.3 is 0 Å². The molecule has 0 spiro atoms. The summed E-state index contributed by atoms with van der Waals surface area (Å²) in [6, 6.07) is 11.2. The highest BCUT2D eigenvalue weighted by Crippen LogP contribution is 2.21. The summed E-state index contributed by atoms with van der Waals surface area (Å²) in [5, 5.41) is 2.72. The fourth-order valence-corrected chi connectivity index (χ4v) is 1.96. The number of rotatable bonds is 1. The number of benzene rings is 2. The Hall–Kier alpha value is -1.30. The quantitative estimate of drug-likeness (QED) is 0.623. The highest BCUT2D eigenvalue weighted by Gasteiger charge is 1.99. The van der Waals surface area contributed by atoms with Gasteiger partial charge in [-0.15, -0.1) is 0 Å². The number of aryl methyl sites for hydroxylation is 3. The van der Waals surface area contributed by atoms with E-state index in [2.05, 4.69) is 51.1 Å². The van der Waals surface area contributed by atoms with Crippen LogP contribution in [0.25, 0.3) is 10.8 Å². The molecule has 0 atom stereocenters. The van der Waals surface area contributed by atoms with E-state index in [-0.39, 0.29) is 0 Å². The van der Waals surface area contributed by atoms with E-state index < -0.39 is 0 Å². The van der Waals surface area contributed by atoms with Crippen molar-refractivity contribution in [1.82, 2.24) is 0 Å². The molecule has 0 heterocycles. The third-order valence-electron chi connectivity index (χ3n) is 2.83. The Bertz CT molecular complexity index is 467. The number of fused-ring (bicyclic) bond motifs is 1. The van der Waals surface area contributed by atoms with Gasteiger partial charge in [-0.1, -0.05) is 56.7 Å². The molecule has 0 bridgehead atoms. The first kappa shape index (κ1) is 12.8. The van der Waals surface area contributed by atoms with E-state index in [0.29, 0.717) is 0 Å². The fraction of sp³-hybridized carbons (Fsp3) is 0.375. The van der Waals surface area contributed by atoms with Gasteiger partial charge in [-0.05, 0) is 42.2 Å². The summed E-state index contributed by atoms with van der Waals surface area (Å²) in [6.45, 7) is 10.5. The second kappa shape index (κ2) is 5.69. The lowest BCUT2D eigenvalue weighted by Crippen LogP contribution is -1.87. The van der Waals surface area contributed by atoms with Gasteiger partial charge >= 0.3 is 0 Å². The molecule has 0 heteroatoms. The summed E-state index contributed by atoms with van der Waals surface area (Å²) in [4.78, 5) is 0. The van der Waals surface area contributed by atoms with Gasteiger partial charge in [0.1, 0.15) is 0 Å². The standard InChI is InChI=1S/C14H16.C2H6/c1-4-12-9-14-7-10(2)5-6-13(14)8-11(12)3;1-2/h5-9H,4H2,1-3H3;1-2H3. The van der Waals surface area contributed by atoms with Gasteiger partial charge in [-0.25, -0.2) is 0 Å².